The van der Waals surface area contributed by atoms with E-state index in [1.54, 1.807) is 0 Å². The number of hydrogen-bond acceptors (Lipinski definition) is 0. The highest BCUT2D eigenvalue weighted by Crippen LogP contribution is 2.14. The zero-order valence-electron chi connectivity index (χ0n) is 7.91. The monoisotopic (exact) mass is 220 g/mol. The minimum Gasteiger partial charge on any atom is -0.0928 e. The topological polar surface area (TPSA) is 0 Å². The van der Waals surface area contributed by atoms with Gasteiger partial charge in [0.2, 0.25) is 0 Å². The minimum atomic E-state index is 0.922. The van der Waals surface area contributed by atoms with Crippen molar-refractivity contribution in [2.24, 2.45) is 5.92 Å². The molecule has 0 saturated heterocycles. The lowest BCUT2D eigenvalue weighted by Crippen LogP contribution is -1.94. The van der Waals surface area contributed by atoms with E-state index in [2.05, 4.69) is 29.8 Å². The van der Waals surface area contributed by atoms with Crippen LogP contribution in [0.2, 0.25) is 0 Å². The fourth-order valence-electron chi connectivity index (χ4n) is 1.25. The molecule has 0 aromatic carbocycles. The molecule has 0 aliphatic carbocycles. The smallest absolute Gasteiger partial charge is 0.00338 e. The Morgan fingerprint density at radius 3 is 2.36 bits per heavy atom. The highest BCUT2D eigenvalue weighted by atomic mass is 79.9. The van der Waals surface area contributed by atoms with E-state index in [1.165, 1.54) is 43.9 Å². The van der Waals surface area contributed by atoms with Gasteiger partial charge >= 0.3 is 0 Å². The van der Waals surface area contributed by atoms with E-state index in [0.717, 1.165) is 5.92 Å². The van der Waals surface area contributed by atoms with Crippen LogP contribution in [-0.2, 0) is 0 Å². The molecule has 0 unspecified atom stereocenters. The molecule has 1 heteroatoms. The maximum Gasteiger partial charge on any atom is 0.00338 e. The van der Waals surface area contributed by atoms with Crippen LogP contribution in [0.3, 0.4) is 0 Å². The zero-order chi connectivity index (χ0) is 8.53. The van der Waals surface area contributed by atoms with Crippen LogP contribution in [0.4, 0.5) is 0 Å². The van der Waals surface area contributed by atoms with Crippen LogP contribution in [0.1, 0.15) is 52.4 Å². The molecule has 0 aromatic heterocycles. The third-order valence-electron chi connectivity index (χ3n) is 2.15. The molecule has 11 heavy (non-hydrogen) atoms. The molecule has 0 aromatic rings. The Labute approximate surface area is 79.9 Å². The number of halogens is 1. The summed E-state index contributed by atoms with van der Waals surface area (Å²) >= 11 is 3.47. The second-order valence-electron chi connectivity index (χ2n) is 3.43. The Morgan fingerprint density at radius 2 is 1.82 bits per heavy atom. The molecule has 0 aliphatic heterocycles. The van der Waals surface area contributed by atoms with Crippen LogP contribution in [0, 0.1) is 5.92 Å². The molecule has 0 N–H and O–H groups in total. The van der Waals surface area contributed by atoms with Crippen LogP contribution in [-0.4, -0.2) is 5.33 Å². The fourth-order valence-corrected chi connectivity index (χ4v) is 2.03. The Bertz CT molecular complexity index is 71.3. The predicted molar refractivity (Wildman–Crippen MR) is 56.3 cm³/mol. The van der Waals surface area contributed by atoms with E-state index in [4.69, 9.17) is 0 Å². The average molecular weight is 221 g/mol. The van der Waals surface area contributed by atoms with Crippen LogP contribution in [0.5, 0.6) is 0 Å². The summed E-state index contributed by atoms with van der Waals surface area (Å²) in [5, 5.41) is 1.17. The van der Waals surface area contributed by atoms with Gasteiger partial charge in [-0.2, -0.15) is 0 Å². The van der Waals surface area contributed by atoms with Gasteiger partial charge in [-0.1, -0.05) is 61.9 Å². The first-order valence-electron chi connectivity index (χ1n) is 4.87. The number of rotatable bonds is 7. The predicted octanol–water partition coefficient (Wildman–Crippen LogP) is 4.38. The summed E-state index contributed by atoms with van der Waals surface area (Å²) in [4.78, 5) is 0. The Kier molecular flexibility index (Phi) is 8.95. The molecular weight excluding hydrogens is 200 g/mol. The summed E-state index contributed by atoms with van der Waals surface area (Å²) in [7, 11) is 0. The van der Waals surface area contributed by atoms with Gasteiger partial charge in [-0.05, 0) is 12.3 Å². The quantitative estimate of drug-likeness (QED) is 0.442. The van der Waals surface area contributed by atoms with E-state index in [9.17, 15) is 0 Å². The molecule has 0 nitrogen and oxygen atoms in total. The highest BCUT2D eigenvalue weighted by molar-refractivity contribution is 9.09. The van der Waals surface area contributed by atoms with Crippen LogP contribution in [0.25, 0.3) is 0 Å². The van der Waals surface area contributed by atoms with E-state index >= 15 is 0 Å². The van der Waals surface area contributed by atoms with Crippen molar-refractivity contribution in [2.45, 2.75) is 52.4 Å². The fraction of sp³-hybridized carbons (Fsp3) is 1.00. The maximum absolute atomic E-state index is 3.47. The van der Waals surface area contributed by atoms with Crippen molar-refractivity contribution in [1.82, 2.24) is 0 Å². The van der Waals surface area contributed by atoms with Gasteiger partial charge in [-0.15, -0.1) is 0 Å². The standard InChI is InChI=1S/C10H21Br/c1-3-4-5-6-7-10(2)8-9-11/h10H,3-9H2,1-2H3/t10-/m1/s1. The molecule has 68 valence electrons. The van der Waals surface area contributed by atoms with Gasteiger partial charge in [0.25, 0.3) is 0 Å². The van der Waals surface area contributed by atoms with E-state index in [0.29, 0.717) is 0 Å². The minimum absolute atomic E-state index is 0.922. The lowest BCUT2D eigenvalue weighted by molar-refractivity contribution is 0.481. The molecule has 0 fully saturated rings. The summed E-state index contributed by atoms with van der Waals surface area (Å²) in [6.45, 7) is 4.62. The molecule has 0 bridgehead atoms. The molecular formula is C10H21Br. The van der Waals surface area contributed by atoms with Gasteiger partial charge in [0.1, 0.15) is 0 Å². The number of alkyl halides is 1. The van der Waals surface area contributed by atoms with Gasteiger partial charge in [-0.25, -0.2) is 0 Å². The van der Waals surface area contributed by atoms with Gasteiger partial charge in [0.15, 0.2) is 0 Å². The van der Waals surface area contributed by atoms with Crippen molar-refractivity contribution < 1.29 is 0 Å². The van der Waals surface area contributed by atoms with Gasteiger partial charge in [0, 0.05) is 5.33 Å². The van der Waals surface area contributed by atoms with Crippen LogP contribution in [0.15, 0.2) is 0 Å². The summed E-state index contributed by atoms with van der Waals surface area (Å²) < 4.78 is 0. The summed E-state index contributed by atoms with van der Waals surface area (Å²) in [6.07, 6.45) is 8.40. The van der Waals surface area contributed by atoms with Crippen molar-refractivity contribution >= 4 is 15.9 Å². The van der Waals surface area contributed by atoms with Gasteiger partial charge < -0.3 is 0 Å². The first-order chi connectivity index (χ1) is 5.31. The first kappa shape index (κ1) is 11.5. The van der Waals surface area contributed by atoms with Crippen molar-refractivity contribution in [1.29, 1.82) is 0 Å². The van der Waals surface area contributed by atoms with E-state index < -0.39 is 0 Å². The maximum atomic E-state index is 3.47. The average Bonchev–Trinajstić information content (AvgIpc) is 1.99. The summed E-state index contributed by atoms with van der Waals surface area (Å²) in [6, 6.07) is 0. The van der Waals surface area contributed by atoms with E-state index in [-0.39, 0.29) is 0 Å². The van der Waals surface area contributed by atoms with Crippen molar-refractivity contribution in [2.75, 3.05) is 5.33 Å². The molecule has 1 atom stereocenters. The lowest BCUT2D eigenvalue weighted by atomic mass is 10.0. The molecule has 0 saturated carbocycles. The number of unbranched alkanes of at least 4 members (excludes halogenated alkanes) is 3. The zero-order valence-corrected chi connectivity index (χ0v) is 9.49. The normalized spacial score (nSPS) is 13.4. The van der Waals surface area contributed by atoms with E-state index in [1.807, 2.05) is 0 Å². The Morgan fingerprint density at radius 1 is 1.09 bits per heavy atom. The summed E-state index contributed by atoms with van der Waals surface area (Å²) in [5.74, 6) is 0.922. The molecule has 0 spiro atoms. The highest BCUT2D eigenvalue weighted by Gasteiger charge is 1.99. The molecule has 0 radical (unpaired) electrons. The lowest BCUT2D eigenvalue weighted by Gasteiger charge is -2.07. The second kappa shape index (κ2) is 8.58. The third-order valence-corrected chi connectivity index (χ3v) is 2.61. The molecule has 0 rings (SSSR count). The van der Waals surface area contributed by atoms with Crippen molar-refractivity contribution in [3.63, 3.8) is 0 Å². The van der Waals surface area contributed by atoms with Crippen molar-refractivity contribution in [3.8, 4) is 0 Å². The number of hydrogen-bond donors (Lipinski definition) is 0. The molecule has 0 amide bonds. The molecule has 0 aliphatic rings. The molecule has 0 heterocycles. The Balaban J connectivity index is 2.97. The largest absolute Gasteiger partial charge is 0.0928 e. The third kappa shape index (κ3) is 8.39. The van der Waals surface area contributed by atoms with Crippen LogP contribution >= 0.6 is 15.9 Å². The summed E-state index contributed by atoms with van der Waals surface area (Å²) in [5.41, 5.74) is 0. The Hall–Kier alpha value is 0.480. The van der Waals surface area contributed by atoms with Crippen LogP contribution < -0.4 is 0 Å². The van der Waals surface area contributed by atoms with Gasteiger partial charge in [0.05, 0.1) is 0 Å². The first-order valence-corrected chi connectivity index (χ1v) is 5.99. The van der Waals surface area contributed by atoms with Crippen molar-refractivity contribution in [3.05, 3.63) is 0 Å². The SMILES string of the molecule is CCCCCC[C@@H](C)CCBr. The second-order valence-corrected chi connectivity index (χ2v) is 4.23. The van der Waals surface area contributed by atoms with Gasteiger partial charge in [-0.3, -0.25) is 0 Å².